The van der Waals surface area contributed by atoms with Gasteiger partial charge < -0.3 is 18.0 Å². The van der Waals surface area contributed by atoms with Crippen molar-refractivity contribution in [2.45, 2.75) is 50.2 Å². The third-order valence-corrected chi connectivity index (χ3v) is 7.76. The van der Waals surface area contributed by atoms with Crippen molar-refractivity contribution in [3.8, 4) is 0 Å². The first-order valence-electron chi connectivity index (χ1n) is 8.65. The van der Waals surface area contributed by atoms with Crippen LogP contribution in [0.4, 0.5) is 4.39 Å². The number of hydrogen-bond donors (Lipinski definition) is 0. The van der Waals surface area contributed by atoms with E-state index in [1.54, 1.807) is 33.5 Å². The maximum absolute atomic E-state index is 13.0. The zero-order chi connectivity index (χ0) is 17.4. The van der Waals surface area contributed by atoms with Gasteiger partial charge in [-0.05, 0) is 55.7 Å². The van der Waals surface area contributed by atoms with Gasteiger partial charge in [0.2, 0.25) is 0 Å². The molecule has 4 nitrogen and oxygen atoms in total. The van der Waals surface area contributed by atoms with Crippen molar-refractivity contribution in [1.29, 1.82) is 0 Å². The minimum atomic E-state index is -2.47. The standard InChI is InChI=1S/C18H29FO4Si/c1-20-24(21-2,22-3)14-4-13-23-18-11-7-16(8-12-18)15-5-9-17(19)10-6-15/h5-6,9-10,16,18H,4,7-8,11-14H2,1-3H3/t16-,18-. The minimum absolute atomic E-state index is 0.168. The summed E-state index contributed by atoms with van der Waals surface area (Å²) in [5, 5.41) is 0. The van der Waals surface area contributed by atoms with Gasteiger partial charge in [-0.1, -0.05) is 12.1 Å². The SMILES string of the molecule is CO[Si](CCCO[C@H]1CC[C@H](c2ccc(F)cc2)CC1)(OC)OC. The summed E-state index contributed by atoms with van der Waals surface area (Å²) >= 11 is 0. The highest BCUT2D eigenvalue weighted by atomic mass is 28.4. The molecule has 136 valence electrons. The Morgan fingerprint density at radius 2 is 1.54 bits per heavy atom. The predicted octanol–water partition coefficient (Wildman–Crippen LogP) is 4.14. The van der Waals surface area contributed by atoms with Crippen LogP contribution in [0.2, 0.25) is 6.04 Å². The Morgan fingerprint density at radius 1 is 0.958 bits per heavy atom. The van der Waals surface area contributed by atoms with Crippen molar-refractivity contribution >= 4 is 8.80 Å². The highest BCUT2D eigenvalue weighted by molar-refractivity contribution is 6.60. The topological polar surface area (TPSA) is 36.9 Å². The van der Waals surface area contributed by atoms with Crippen LogP contribution >= 0.6 is 0 Å². The molecule has 1 fully saturated rings. The van der Waals surface area contributed by atoms with Crippen molar-refractivity contribution in [2.24, 2.45) is 0 Å². The van der Waals surface area contributed by atoms with E-state index in [-0.39, 0.29) is 5.82 Å². The summed E-state index contributed by atoms with van der Waals surface area (Å²) in [7, 11) is 2.43. The van der Waals surface area contributed by atoms with E-state index in [2.05, 4.69) is 0 Å². The Bertz CT molecular complexity index is 462. The van der Waals surface area contributed by atoms with E-state index in [1.165, 1.54) is 5.56 Å². The molecule has 0 atom stereocenters. The van der Waals surface area contributed by atoms with Gasteiger partial charge in [0.25, 0.3) is 0 Å². The molecule has 6 heteroatoms. The summed E-state index contributed by atoms with van der Waals surface area (Å²) in [5.74, 6) is 0.361. The van der Waals surface area contributed by atoms with Crippen LogP contribution in [-0.2, 0) is 18.0 Å². The largest absolute Gasteiger partial charge is 0.500 e. The van der Waals surface area contributed by atoms with E-state index < -0.39 is 8.80 Å². The molecule has 2 rings (SSSR count). The number of rotatable bonds is 9. The van der Waals surface area contributed by atoms with Gasteiger partial charge in [-0.2, -0.15) is 0 Å². The zero-order valence-corrected chi connectivity index (χ0v) is 15.9. The molecule has 0 heterocycles. The second kappa shape index (κ2) is 9.63. The molecule has 1 aromatic rings. The minimum Gasteiger partial charge on any atom is -0.378 e. The Kier molecular flexibility index (Phi) is 7.84. The summed E-state index contributed by atoms with van der Waals surface area (Å²) in [5.41, 5.74) is 1.24. The molecule has 24 heavy (non-hydrogen) atoms. The van der Waals surface area contributed by atoms with E-state index >= 15 is 0 Å². The Morgan fingerprint density at radius 3 is 2.08 bits per heavy atom. The van der Waals surface area contributed by atoms with Gasteiger partial charge in [-0.25, -0.2) is 4.39 Å². The smallest absolute Gasteiger partial charge is 0.378 e. The van der Waals surface area contributed by atoms with Crippen molar-refractivity contribution in [3.05, 3.63) is 35.6 Å². The fourth-order valence-corrected chi connectivity index (χ4v) is 5.08. The predicted molar refractivity (Wildman–Crippen MR) is 93.6 cm³/mol. The van der Waals surface area contributed by atoms with Gasteiger partial charge in [-0.3, -0.25) is 0 Å². The van der Waals surface area contributed by atoms with Crippen LogP contribution in [0, 0.1) is 5.82 Å². The van der Waals surface area contributed by atoms with E-state index in [4.69, 9.17) is 18.0 Å². The van der Waals surface area contributed by atoms with Crippen LogP contribution in [0.25, 0.3) is 0 Å². The van der Waals surface area contributed by atoms with Crippen LogP contribution in [0.5, 0.6) is 0 Å². The number of ether oxygens (including phenoxy) is 1. The molecule has 0 aliphatic heterocycles. The second-order valence-corrected chi connectivity index (χ2v) is 9.39. The Hall–Kier alpha value is -0.793. The maximum atomic E-state index is 13.0. The first kappa shape index (κ1) is 19.5. The number of hydrogen-bond acceptors (Lipinski definition) is 4. The summed E-state index contributed by atoms with van der Waals surface area (Å²) in [6.45, 7) is 0.705. The van der Waals surface area contributed by atoms with Gasteiger partial charge in [0.15, 0.2) is 0 Å². The fraction of sp³-hybridized carbons (Fsp3) is 0.667. The molecular weight excluding hydrogens is 327 g/mol. The molecule has 0 unspecified atom stereocenters. The quantitative estimate of drug-likeness (QED) is 0.492. The fourth-order valence-electron chi connectivity index (χ4n) is 3.39. The molecule has 0 amide bonds. The first-order chi connectivity index (χ1) is 11.6. The third kappa shape index (κ3) is 5.36. The zero-order valence-electron chi connectivity index (χ0n) is 14.9. The molecule has 0 bridgehead atoms. The maximum Gasteiger partial charge on any atom is 0.500 e. The van der Waals surface area contributed by atoms with Crippen molar-refractivity contribution in [3.63, 3.8) is 0 Å². The van der Waals surface area contributed by atoms with E-state index in [9.17, 15) is 4.39 Å². The van der Waals surface area contributed by atoms with Crippen LogP contribution in [0.3, 0.4) is 0 Å². The van der Waals surface area contributed by atoms with Crippen molar-refractivity contribution in [1.82, 2.24) is 0 Å². The van der Waals surface area contributed by atoms with Crippen LogP contribution in [-0.4, -0.2) is 42.8 Å². The second-order valence-electron chi connectivity index (χ2n) is 6.29. The lowest BCUT2D eigenvalue weighted by molar-refractivity contribution is 0.0225. The summed E-state index contributed by atoms with van der Waals surface area (Å²) in [4.78, 5) is 0. The van der Waals surface area contributed by atoms with Gasteiger partial charge >= 0.3 is 8.80 Å². The molecule has 0 saturated heterocycles. The molecule has 1 aliphatic rings. The summed E-state index contributed by atoms with van der Waals surface area (Å²) in [6.07, 6.45) is 5.52. The monoisotopic (exact) mass is 356 g/mol. The van der Waals surface area contributed by atoms with Gasteiger partial charge in [0, 0.05) is 34.0 Å². The van der Waals surface area contributed by atoms with E-state index in [1.807, 2.05) is 12.1 Å². The number of halogens is 1. The average Bonchev–Trinajstić information content (AvgIpc) is 2.64. The highest BCUT2D eigenvalue weighted by Gasteiger charge is 2.37. The molecule has 0 radical (unpaired) electrons. The molecular formula is C18H29FO4Si. The van der Waals surface area contributed by atoms with Crippen LogP contribution in [0.15, 0.2) is 24.3 Å². The first-order valence-corrected chi connectivity index (χ1v) is 10.6. The van der Waals surface area contributed by atoms with Crippen LogP contribution in [0.1, 0.15) is 43.6 Å². The highest BCUT2D eigenvalue weighted by Crippen LogP contribution is 2.34. The Labute approximate surface area is 145 Å². The van der Waals surface area contributed by atoms with Crippen LogP contribution < -0.4 is 0 Å². The Balaban J connectivity index is 1.67. The lowest BCUT2D eigenvalue weighted by Gasteiger charge is -2.29. The number of benzene rings is 1. The van der Waals surface area contributed by atoms with E-state index in [0.717, 1.165) is 38.1 Å². The molecule has 0 aromatic heterocycles. The summed E-state index contributed by atoms with van der Waals surface area (Å²) < 4.78 is 35.3. The molecule has 1 aromatic carbocycles. The molecule has 0 spiro atoms. The lowest BCUT2D eigenvalue weighted by atomic mass is 9.83. The van der Waals surface area contributed by atoms with Gasteiger partial charge in [-0.15, -0.1) is 0 Å². The van der Waals surface area contributed by atoms with Gasteiger partial charge in [0.05, 0.1) is 6.10 Å². The molecule has 1 aliphatic carbocycles. The molecule has 0 N–H and O–H groups in total. The van der Waals surface area contributed by atoms with Gasteiger partial charge in [0.1, 0.15) is 5.82 Å². The van der Waals surface area contributed by atoms with E-state index in [0.29, 0.717) is 18.6 Å². The third-order valence-electron chi connectivity index (χ3n) is 4.93. The van der Waals surface area contributed by atoms with Crippen molar-refractivity contribution < 1.29 is 22.4 Å². The average molecular weight is 357 g/mol. The normalized spacial score (nSPS) is 21.8. The van der Waals surface area contributed by atoms with Crippen molar-refractivity contribution in [2.75, 3.05) is 27.9 Å². The molecule has 1 saturated carbocycles. The lowest BCUT2D eigenvalue weighted by Crippen LogP contribution is -2.42. The summed E-state index contributed by atoms with van der Waals surface area (Å²) in [6, 6.07) is 7.68.